The topological polar surface area (TPSA) is 64.5 Å². The van der Waals surface area contributed by atoms with E-state index in [0.717, 1.165) is 48.8 Å². The van der Waals surface area contributed by atoms with Gasteiger partial charge in [0.05, 0.1) is 25.8 Å². The molecule has 0 atom stereocenters. The maximum atomic E-state index is 11.6. The van der Waals surface area contributed by atoms with E-state index in [1.807, 2.05) is 36.4 Å². The van der Waals surface area contributed by atoms with Crippen LogP contribution in [0.5, 0.6) is 5.75 Å². The molecule has 24 heavy (non-hydrogen) atoms. The number of benzene rings is 1. The van der Waals surface area contributed by atoms with Gasteiger partial charge in [-0.25, -0.2) is 0 Å². The Hall–Kier alpha value is -2.63. The predicted molar refractivity (Wildman–Crippen MR) is 91.0 cm³/mol. The molecule has 1 aliphatic rings. The zero-order valence-corrected chi connectivity index (χ0v) is 13.9. The minimum absolute atomic E-state index is 0.00735. The third kappa shape index (κ3) is 3.32. The Balaban J connectivity index is 1.71. The first kappa shape index (κ1) is 16.2. The summed E-state index contributed by atoms with van der Waals surface area (Å²) in [7, 11) is 3.09. The average molecular weight is 327 g/mol. The van der Waals surface area contributed by atoms with Gasteiger partial charge >= 0.3 is 5.97 Å². The minimum atomic E-state index is -0.118. The summed E-state index contributed by atoms with van der Waals surface area (Å²) in [5, 5.41) is 8.69. The van der Waals surface area contributed by atoms with Gasteiger partial charge < -0.3 is 14.4 Å². The molecule has 6 nitrogen and oxygen atoms in total. The molecule has 0 unspecified atom stereocenters. The second-order valence-corrected chi connectivity index (χ2v) is 5.76. The highest BCUT2D eigenvalue weighted by Crippen LogP contribution is 2.29. The van der Waals surface area contributed by atoms with Gasteiger partial charge in [-0.1, -0.05) is 12.1 Å². The van der Waals surface area contributed by atoms with Gasteiger partial charge in [-0.15, -0.1) is 10.2 Å². The van der Waals surface area contributed by atoms with E-state index in [-0.39, 0.29) is 11.9 Å². The SMILES string of the molecule is COC(=O)C1CCN(c2ccc(-c3ccccc3OC)nn2)CC1. The Labute approximate surface area is 141 Å². The number of carbonyl (C=O) groups is 1. The van der Waals surface area contributed by atoms with Crippen LogP contribution in [0.4, 0.5) is 5.82 Å². The van der Waals surface area contributed by atoms with Crippen molar-refractivity contribution < 1.29 is 14.3 Å². The molecule has 1 saturated heterocycles. The van der Waals surface area contributed by atoms with Gasteiger partial charge in [0.25, 0.3) is 0 Å². The largest absolute Gasteiger partial charge is 0.496 e. The van der Waals surface area contributed by atoms with E-state index in [9.17, 15) is 4.79 Å². The van der Waals surface area contributed by atoms with E-state index >= 15 is 0 Å². The minimum Gasteiger partial charge on any atom is -0.496 e. The first-order valence-electron chi connectivity index (χ1n) is 8.03. The van der Waals surface area contributed by atoms with Gasteiger partial charge in [0, 0.05) is 18.7 Å². The summed E-state index contributed by atoms with van der Waals surface area (Å²) < 4.78 is 10.2. The lowest BCUT2D eigenvalue weighted by Gasteiger charge is -2.31. The number of methoxy groups -OCH3 is 2. The fourth-order valence-corrected chi connectivity index (χ4v) is 3.00. The van der Waals surface area contributed by atoms with Crippen molar-refractivity contribution in [1.29, 1.82) is 0 Å². The Morgan fingerprint density at radius 1 is 1.08 bits per heavy atom. The number of nitrogens with zero attached hydrogens (tertiary/aromatic N) is 3. The molecule has 6 heteroatoms. The summed E-state index contributed by atoms with van der Waals surface area (Å²) in [6.07, 6.45) is 1.56. The van der Waals surface area contributed by atoms with E-state index in [2.05, 4.69) is 15.1 Å². The van der Waals surface area contributed by atoms with Crippen molar-refractivity contribution in [2.45, 2.75) is 12.8 Å². The van der Waals surface area contributed by atoms with Crippen molar-refractivity contribution in [3.05, 3.63) is 36.4 Å². The first-order chi connectivity index (χ1) is 11.7. The van der Waals surface area contributed by atoms with Gasteiger partial charge in [-0.05, 0) is 37.1 Å². The van der Waals surface area contributed by atoms with Crippen LogP contribution in [-0.4, -0.2) is 43.5 Å². The highest BCUT2D eigenvalue weighted by Gasteiger charge is 2.26. The van der Waals surface area contributed by atoms with Gasteiger partial charge in [0.15, 0.2) is 5.82 Å². The van der Waals surface area contributed by atoms with Crippen LogP contribution < -0.4 is 9.64 Å². The van der Waals surface area contributed by atoms with Crippen LogP contribution in [0.3, 0.4) is 0 Å². The number of ether oxygens (including phenoxy) is 2. The van der Waals surface area contributed by atoms with Gasteiger partial charge in [-0.3, -0.25) is 4.79 Å². The number of hydrogen-bond acceptors (Lipinski definition) is 6. The van der Waals surface area contributed by atoms with Crippen molar-refractivity contribution in [3.63, 3.8) is 0 Å². The van der Waals surface area contributed by atoms with Gasteiger partial charge in [0.1, 0.15) is 5.75 Å². The summed E-state index contributed by atoms with van der Waals surface area (Å²) in [5.41, 5.74) is 1.70. The van der Waals surface area contributed by atoms with E-state index in [1.54, 1.807) is 7.11 Å². The predicted octanol–water partition coefficient (Wildman–Crippen LogP) is 2.54. The molecule has 2 heterocycles. The summed E-state index contributed by atoms with van der Waals surface area (Å²) in [5.74, 6) is 1.48. The normalized spacial score (nSPS) is 15.2. The highest BCUT2D eigenvalue weighted by atomic mass is 16.5. The highest BCUT2D eigenvalue weighted by molar-refractivity contribution is 5.72. The number of carbonyl (C=O) groups excluding carboxylic acids is 1. The van der Waals surface area contributed by atoms with Crippen LogP contribution in [0, 0.1) is 5.92 Å². The number of para-hydroxylation sites is 1. The number of anilines is 1. The zero-order chi connectivity index (χ0) is 16.9. The van der Waals surface area contributed by atoms with E-state index in [4.69, 9.17) is 9.47 Å². The molecule has 0 saturated carbocycles. The van der Waals surface area contributed by atoms with Crippen LogP contribution in [0.25, 0.3) is 11.3 Å². The summed E-state index contributed by atoms with van der Waals surface area (Å²) in [6, 6.07) is 11.7. The molecule has 0 aliphatic carbocycles. The van der Waals surface area contributed by atoms with Crippen molar-refractivity contribution in [2.24, 2.45) is 5.92 Å². The van der Waals surface area contributed by atoms with E-state index in [0.29, 0.717) is 0 Å². The standard InChI is InChI=1S/C18H21N3O3/c1-23-16-6-4-3-5-14(16)15-7-8-17(20-19-15)21-11-9-13(10-12-21)18(22)24-2/h3-8,13H,9-12H2,1-2H3. The quantitative estimate of drug-likeness (QED) is 0.804. The maximum absolute atomic E-state index is 11.6. The van der Waals surface area contributed by atoms with Gasteiger partial charge in [-0.2, -0.15) is 0 Å². The molecule has 1 aromatic carbocycles. The number of piperidine rings is 1. The van der Waals surface area contributed by atoms with Gasteiger partial charge in [0.2, 0.25) is 0 Å². The fourth-order valence-electron chi connectivity index (χ4n) is 3.00. The molecule has 0 spiro atoms. The van der Waals surface area contributed by atoms with Crippen molar-refractivity contribution in [3.8, 4) is 17.0 Å². The van der Waals surface area contributed by atoms with Crippen LogP contribution in [0.2, 0.25) is 0 Å². The molecule has 0 amide bonds. The second kappa shape index (κ2) is 7.29. The molecule has 0 radical (unpaired) electrons. The van der Waals surface area contributed by atoms with Crippen molar-refractivity contribution in [1.82, 2.24) is 10.2 Å². The van der Waals surface area contributed by atoms with E-state index < -0.39 is 0 Å². The van der Waals surface area contributed by atoms with Crippen molar-refractivity contribution in [2.75, 3.05) is 32.2 Å². The van der Waals surface area contributed by atoms with E-state index in [1.165, 1.54) is 7.11 Å². The molecule has 1 fully saturated rings. The average Bonchev–Trinajstić information content (AvgIpc) is 2.67. The molecule has 3 rings (SSSR count). The van der Waals surface area contributed by atoms with Crippen molar-refractivity contribution >= 4 is 11.8 Å². The number of aromatic nitrogens is 2. The lowest BCUT2D eigenvalue weighted by Crippen LogP contribution is -2.37. The third-order valence-electron chi connectivity index (χ3n) is 4.39. The Morgan fingerprint density at radius 2 is 1.83 bits per heavy atom. The molecule has 2 aromatic rings. The number of esters is 1. The Kier molecular flexibility index (Phi) is 4.93. The third-order valence-corrected chi connectivity index (χ3v) is 4.39. The first-order valence-corrected chi connectivity index (χ1v) is 8.03. The smallest absolute Gasteiger partial charge is 0.308 e. The lowest BCUT2D eigenvalue weighted by atomic mass is 9.97. The number of rotatable bonds is 4. The molecule has 1 aliphatic heterocycles. The molecular weight excluding hydrogens is 306 g/mol. The van der Waals surface area contributed by atoms with Crippen LogP contribution in [0.15, 0.2) is 36.4 Å². The second-order valence-electron chi connectivity index (χ2n) is 5.76. The molecule has 126 valence electrons. The van der Waals surface area contributed by atoms with Crippen LogP contribution >= 0.6 is 0 Å². The Bertz CT molecular complexity index is 695. The monoisotopic (exact) mass is 327 g/mol. The zero-order valence-electron chi connectivity index (χ0n) is 13.9. The lowest BCUT2D eigenvalue weighted by molar-refractivity contribution is -0.146. The molecule has 0 N–H and O–H groups in total. The van der Waals surface area contributed by atoms with Crippen LogP contribution in [0.1, 0.15) is 12.8 Å². The molecular formula is C18H21N3O3. The molecule has 0 bridgehead atoms. The summed E-state index contributed by atoms with van der Waals surface area (Å²) in [6.45, 7) is 1.56. The number of hydrogen-bond donors (Lipinski definition) is 0. The Morgan fingerprint density at radius 3 is 2.46 bits per heavy atom. The summed E-state index contributed by atoms with van der Waals surface area (Å²) in [4.78, 5) is 13.7. The maximum Gasteiger partial charge on any atom is 0.308 e. The fraction of sp³-hybridized carbons (Fsp3) is 0.389. The van der Waals surface area contributed by atoms with Crippen LogP contribution in [-0.2, 0) is 9.53 Å². The summed E-state index contributed by atoms with van der Waals surface area (Å²) >= 11 is 0. The molecule has 1 aromatic heterocycles.